The van der Waals surface area contributed by atoms with Gasteiger partial charge in [-0.15, -0.1) is 0 Å². The topological polar surface area (TPSA) is 36.4 Å². The molecule has 112 valence electrons. The molecule has 2 aromatic rings. The first-order valence-electron chi connectivity index (χ1n) is 7.52. The van der Waals surface area contributed by atoms with Gasteiger partial charge < -0.3 is 5.11 Å². The minimum Gasteiger partial charge on any atom is -0.507 e. The number of para-hydroxylation sites is 1. The second-order valence-electron chi connectivity index (χ2n) is 5.60. The Kier molecular flexibility index (Phi) is 5.34. The number of aromatic hydroxyl groups is 1. The van der Waals surface area contributed by atoms with Gasteiger partial charge in [-0.2, -0.15) is 0 Å². The van der Waals surface area contributed by atoms with E-state index in [1.807, 2.05) is 49.6 Å². The minimum absolute atomic E-state index is 0.417. The molecule has 0 fully saturated rings. The Morgan fingerprint density at radius 3 is 2.52 bits per heavy atom. The Hall–Kier alpha value is -1.87. The third-order valence-electron chi connectivity index (χ3n) is 4.04. The van der Waals surface area contributed by atoms with Crippen LogP contribution in [-0.2, 0) is 13.1 Å². The van der Waals surface area contributed by atoms with Crippen molar-refractivity contribution in [1.82, 2.24) is 9.88 Å². The van der Waals surface area contributed by atoms with E-state index in [1.54, 1.807) is 0 Å². The maximum atomic E-state index is 10.2. The molecule has 0 radical (unpaired) electrons. The quantitative estimate of drug-likeness (QED) is 0.874. The number of hydrogen-bond acceptors (Lipinski definition) is 3. The predicted octanol–water partition coefficient (Wildman–Crippen LogP) is 3.90. The minimum atomic E-state index is 0.417. The standard InChI is InChI=1S/C18H24N2O/c1-4-15(3)20(12-16-8-10-19-11-9-16)13-17-7-5-6-14(2)18(17)21/h5-11,15,21H,4,12-13H2,1-3H3/t15-/m1/s1. The van der Waals surface area contributed by atoms with Crippen molar-refractivity contribution in [2.24, 2.45) is 0 Å². The first-order chi connectivity index (χ1) is 10.1. The fourth-order valence-electron chi connectivity index (χ4n) is 2.41. The summed E-state index contributed by atoms with van der Waals surface area (Å²) in [7, 11) is 0. The molecule has 1 N–H and O–H groups in total. The first kappa shape index (κ1) is 15.5. The Bertz CT molecular complexity index is 569. The normalized spacial score (nSPS) is 12.6. The van der Waals surface area contributed by atoms with Crippen LogP contribution >= 0.6 is 0 Å². The van der Waals surface area contributed by atoms with Gasteiger partial charge in [0.1, 0.15) is 5.75 Å². The monoisotopic (exact) mass is 284 g/mol. The summed E-state index contributed by atoms with van der Waals surface area (Å²) in [6.07, 6.45) is 4.74. The van der Waals surface area contributed by atoms with E-state index >= 15 is 0 Å². The molecular formula is C18H24N2O. The predicted molar refractivity (Wildman–Crippen MR) is 86.1 cm³/mol. The van der Waals surface area contributed by atoms with E-state index in [9.17, 15) is 5.11 Å². The van der Waals surface area contributed by atoms with Gasteiger partial charge in [-0.25, -0.2) is 0 Å². The smallest absolute Gasteiger partial charge is 0.122 e. The third-order valence-corrected chi connectivity index (χ3v) is 4.04. The van der Waals surface area contributed by atoms with Crippen LogP contribution in [0.4, 0.5) is 0 Å². The third kappa shape index (κ3) is 4.05. The molecule has 3 nitrogen and oxygen atoms in total. The van der Waals surface area contributed by atoms with Crippen molar-refractivity contribution < 1.29 is 5.11 Å². The van der Waals surface area contributed by atoms with Crippen LogP contribution in [0, 0.1) is 6.92 Å². The van der Waals surface area contributed by atoms with E-state index in [1.165, 1.54) is 5.56 Å². The highest BCUT2D eigenvalue weighted by molar-refractivity contribution is 5.39. The number of aryl methyl sites for hydroxylation is 1. The van der Waals surface area contributed by atoms with Gasteiger partial charge in [0.05, 0.1) is 0 Å². The zero-order chi connectivity index (χ0) is 15.2. The molecule has 0 aliphatic carbocycles. The molecule has 0 aliphatic rings. The van der Waals surface area contributed by atoms with Gasteiger partial charge in [-0.1, -0.05) is 25.1 Å². The molecule has 0 saturated heterocycles. The van der Waals surface area contributed by atoms with Crippen LogP contribution in [0.3, 0.4) is 0 Å². The molecular weight excluding hydrogens is 260 g/mol. The summed E-state index contributed by atoms with van der Waals surface area (Å²) in [5, 5.41) is 10.2. The zero-order valence-electron chi connectivity index (χ0n) is 13.1. The molecule has 1 atom stereocenters. The number of rotatable bonds is 6. The summed E-state index contributed by atoms with van der Waals surface area (Å²) in [4.78, 5) is 6.46. The van der Waals surface area contributed by atoms with E-state index in [-0.39, 0.29) is 0 Å². The van der Waals surface area contributed by atoms with Crippen molar-refractivity contribution in [3.8, 4) is 5.75 Å². The maximum Gasteiger partial charge on any atom is 0.122 e. The lowest BCUT2D eigenvalue weighted by molar-refractivity contribution is 0.184. The summed E-state index contributed by atoms with van der Waals surface area (Å²) in [6, 6.07) is 10.5. The molecule has 0 unspecified atom stereocenters. The van der Waals surface area contributed by atoms with Gasteiger partial charge in [-0.05, 0) is 43.5 Å². The second kappa shape index (κ2) is 7.23. The van der Waals surface area contributed by atoms with Gasteiger partial charge in [0.2, 0.25) is 0 Å². The molecule has 1 aromatic heterocycles. The highest BCUT2D eigenvalue weighted by Gasteiger charge is 2.15. The number of aromatic nitrogens is 1. The Morgan fingerprint density at radius 1 is 1.14 bits per heavy atom. The Labute approximate surface area is 127 Å². The van der Waals surface area contributed by atoms with Crippen LogP contribution in [-0.4, -0.2) is 21.0 Å². The molecule has 0 spiro atoms. The molecule has 1 heterocycles. The van der Waals surface area contributed by atoms with Crippen LogP contribution in [0.5, 0.6) is 5.75 Å². The van der Waals surface area contributed by atoms with E-state index in [0.717, 1.165) is 30.6 Å². The van der Waals surface area contributed by atoms with Crippen LogP contribution in [0.2, 0.25) is 0 Å². The van der Waals surface area contributed by atoms with Gasteiger partial charge in [-0.3, -0.25) is 9.88 Å². The molecule has 0 saturated carbocycles. The first-order valence-corrected chi connectivity index (χ1v) is 7.52. The lowest BCUT2D eigenvalue weighted by Crippen LogP contribution is -2.31. The van der Waals surface area contributed by atoms with E-state index in [4.69, 9.17) is 0 Å². The summed E-state index contributed by atoms with van der Waals surface area (Å²) in [5.74, 6) is 0.417. The lowest BCUT2D eigenvalue weighted by Gasteiger charge is -2.29. The summed E-state index contributed by atoms with van der Waals surface area (Å²) < 4.78 is 0. The van der Waals surface area contributed by atoms with Crippen LogP contribution in [0.1, 0.15) is 37.0 Å². The Morgan fingerprint density at radius 2 is 1.86 bits per heavy atom. The average Bonchev–Trinajstić information content (AvgIpc) is 2.51. The average molecular weight is 284 g/mol. The number of hydrogen-bond donors (Lipinski definition) is 1. The second-order valence-corrected chi connectivity index (χ2v) is 5.60. The molecule has 1 aromatic carbocycles. The number of nitrogens with zero attached hydrogens (tertiary/aromatic N) is 2. The van der Waals surface area contributed by atoms with Crippen molar-refractivity contribution in [1.29, 1.82) is 0 Å². The van der Waals surface area contributed by atoms with Crippen LogP contribution in [0.25, 0.3) is 0 Å². The molecule has 2 rings (SSSR count). The lowest BCUT2D eigenvalue weighted by atomic mass is 10.1. The number of benzene rings is 1. The molecule has 0 bridgehead atoms. The SMILES string of the molecule is CC[C@@H](C)N(Cc1ccncc1)Cc1cccc(C)c1O. The Balaban J connectivity index is 2.19. The molecule has 0 aliphatic heterocycles. The van der Waals surface area contributed by atoms with Gasteiger partial charge >= 0.3 is 0 Å². The van der Waals surface area contributed by atoms with Gasteiger partial charge in [0, 0.05) is 37.1 Å². The molecule has 21 heavy (non-hydrogen) atoms. The zero-order valence-corrected chi connectivity index (χ0v) is 13.1. The fraction of sp³-hybridized carbons (Fsp3) is 0.389. The van der Waals surface area contributed by atoms with Crippen LogP contribution < -0.4 is 0 Å². The summed E-state index contributed by atoms with van der Waals surface area (Å²) in [5.41, 5.74) is 3.17. The highest BCUT2D eigenvalue weighted by Crippen LogP contribution is 2.24. The van der Waals surface area contributed by atoms with Crippen molar-refractivity contribution in [3.05, 3.63) is 59.4 Å². The number of pyridine rings is 1. The van der Waals surface area contributed by atoms with Crippen LogP contribution in [0.15, 0.2) is 42.7 Å². The molecule has 0 amide bonds. The fourth-order valence-corrected chi connectivity index (χ4v) is 2.41. The van der Waals surface area contributed by atoms with Gasteiger partial charge in [0.25, 0.3) is 0 Å². The van der Waals surface area contributed by atoms with Gasteiger partial charge in [0.15, 0.2) is 0 Å². The number of phenolic OH excluding ortho intramolecular Hbond substituents is 1. The van der Waals surface area contributed by atoms with E-state index < -0.39 is 0 Å². The van der Waals surface area contributed by atoms with E-state index in [2.05, 4.69) is 23.7 Å². The largest absolute Gasteiger partial charge is 0.507 e. The number of phenols is 1. The van der Waals surface area contributed by atoms with Crippen molar-refractivity contribution in [2.45, 2.75) is 46.3 Å². The van der Waals surface area contributed by atoms with Crippen molar-refractivity contribution in [2.75, 3.05) is 0 Å². The van der Waals surface area contributed by atoms with Crippen molar-refractivity contribution in [3.63, 3.8) is 0 Å². The van der Waals surface area contributed by atoms with E-state index in [0.29, 0.717) is 11.8 Å². The molecule has 3 heteroatoms. The summed E-state index contributed by atoms with van der Waals surface area (Å²) in [6.45, 7) is 7.99. The summed E-state index contributed by atoms with van der Waals surface area (Å²) >= 11 is 0. The maximum absolute atomic E-state index is 10.2. The van der Waals surface area contributed by atoms with Crippen molar-refractivity contribution >= 4 is 0 Å². The highest BCUT2D eigenvalue weighted by atomic mass is 16.3.